The van der Waals surface area contributed by atoms with E-state index >= 15 is 0 Å². The molecular formula is C21H22O7. The number of benzene rings is 2. The van der Waals surface area contributed by atoms with Crippen molar-refractivity contribution < 1.29 is 33.3 Å². The van der Waals surface area contributed by atoms with Crippen LogP contribution in [0.5, 0.6) is 17.2 Å². The lowest BCUT2D eigenvalue weighted by atomic mass is 9.95. The molecule has 0 bridgehead atoms. The van der Waals surface area contributed by atoms with E-state index in [1.807, 2.05) is 6.07 Å². The molecular weight excluding hydrogens is 364 g/mol. The van der Waals surface area contributed by atoms with Gasteiger partial charge in [0.25, 0.3) is 0 Å². The number of methoxy groups -OCH3 is 2. The second-order valence-electron chi connectivity index (χ2n) is 6.41. The van der Waals surface area contributed by atoms with Gasteiger partial charge >= 0.3 is 11.9 Å². The van der Waals surface area contributed by atoms with Crippen molar-refractivity contribution >= 4 is 11.9 Å². The van der Waals surface area contributed by atoms with E-state index in [0.29, 0.717) is 28.4 Å². The molecule has 2 aromatic carbocycles. The molecule has 7 nitrogen and oxygen atoms in total. The van der Waals surface area contributed by atoms with E-state index in [0.717, 1.165) is 11.1 Å². The number of ether oxygens (including phenoxy) is 5. The molecule has 148 valence electrons. The van der Waals surface area contributed by atoms with Crippen LogP contribution in [0.15, 0.2) is 30.3 Å². The molecule has 3 rings (SSSR count). The van der Waals surface area contributed by atoms with Crippen LogP contribution in [0.4, 0.5) is 0 Å². The zero-order chi connectivity index (χ0) is 20.3. The third kappa shape index (κ3) is 3.74. The quantitative estimate of drug-likeness (QED) is 0.675. The highest BCUT2D eigenvalue weighted by Crippen LogP contribution is 2.46. The van der Waals surface area contributed by atoms with Gasteiger partial charge in [-0.1, -0.05) is 12.1 Å². The molecule has 0 N–H and O–H groups in total. The van der Waals surface area contributed by atoms with Gasteiger partial charge in [0.1, 0.15) is 6.61 Å². The third-order valence-corrected chi connectivity index (χ3v) is 4.24. The molecule has 0 spiro atoms. The normalized spacial score (nSPS) is 12.4. The van der Waals surface area contributed by atoms with Crippen molar-refractivity contribution in [3.05, 3.63) is 41.5 Å². The van der Waals surface area contributed by atoms with Gasteiger partial charge < -0.3 is 23.7 Å². The van der Waals surface area contributed by atoms with Crippen molar-refractivity contribution in [2.75, 3.05) is 20.8 Å². The van der Waals surface area contributed by atoms with Crippen LogP contribution in [0.2, 0.25) is 0 Å². The van der Waals surface area contributed by atoms with Crippen LogP contribution in [0.3, 0.4) is 0 Å². The summed E-state index contributed by atoms with van der Waals surface area (Å²) in [5.74, 6) is 0.275. The summed E-state index contributed by atoms with van der Waals surface area (Å²) in [5.41, 5.74) is 2.69. The Morgan fingerprint density at radius 2 is 1.79 bits per heavy atom. The molecule has 0 atom stereocenters. The van der Waals surface area contributed by atoms with E-state index in [-0.39, 0.29) is 25.3 Å². The van der Waals surface area contributed by atoms with Crippen molar-refractivity contribution in [1.82, 2.24) is 0 Å². The second-order valence-corrected chi connectivity index (χ2v) is 6.41. The molecule has 1 aliphatic rings. The lowest BCUT2D eigenvalue weighted by Gasteiger charge is -2.18. The molecule has 28 heavy (non-hydrogen) atoms. The van der Waals surface area contributed by atoms with Crippen molar-refractivity contribution in [2.24, 2.45) is 0 Å². The first-order chi connectivity index (χ1) is 13.5. The third-order valence-electron chi connectivity index (χ3n) is 4.24. The van der Waals surface area contributed by atoms with Crippen LogP contribution in [0.1, 0.15) is 29.8 Å². The Kier molecular flexibility index (Phi) is 5.73. The zero-order valence-corrected chi connectivity index (χ0v) is 16.2. The first kappa shape index (κ1) is 19.5. The van der Waals surface area contributed by atoms with Gasteiger partial charge in [-0.2, -0.15) is 0 Å². The van der Waals surface area contributed by atoms with E-state index < -0.39 is 5.97 Å². The van der Waals surface area contributed by atoms with Crippen LogP contribution in [-0.4, -0.2) is 38.9 Å². The smallest absolute Gasteiger partial charge is 0.344 e. The standard InChI is InChI=1S/C21H22O7/c1-12(2)28-18(22)11-26-19-14(8-9-17(24-3)20(19)25-4)13-6-5-7-15-16(13)10-27-21(15)23/h5-9,12H,10-11H2,1-4H3. The predicted octanol–water partition coefficient (Wildman–Crippen LogP) is 3.37. The van der Waals surface area contributed by atoms with E-state index in [1.165, 1.54) is 14.2 Å². The minimum atomic E-state index is -0.498. The fraction of sp³-hybridized carbons (Fsp3) is 0.333. The van der Waals surface area contributed by atoms with Crippen LogP contribution in [0, 0.1) is 0 Å². The molecule has 0 radical (unpaired) electrons. The largest absolute Gasteiger partial charge is 0.493 e. The fourth-order valence-electron chi connectivity index (χ4n) is 3.08. The topological polar surface area (TPSA) is 80.3 Å². The van der Waals surface area contributed by atoms with Crippen LogP contribution in [-0.2, 0) is 20.9 Å². The molecule has 0 fully saturated rings. The second kappa shape index (κ2) is 8.21. The number of hydrogen-bond acceptors (Lipinski definition) is 7. The Morgan fingerprint density at radius 3 is 2.46 bits per heavy atom. The molecule has 1 heterocycles. The van der Waals surface area contributed by atoms with Crippen LogP contribution in [0.25, 0.3) is 11.1 Å². The Labute approximate surface area is 163 Å². The Hall–Kier alpha value is -3.22. The highest BCUT2D eigenvalue weighted by Gasteiger charge is 2.27. The lowest BCUT2D eigenvalue weighted by molar-refractivity contribution is -0.149. The van der Waals surface area contributed by atoms with Crippen LogP contribution < -0.4 is 14.2 Å². The minimum absolute atomic E-state index is 0.174. The molecule has 0 saturated carbocycles. The number of hydrogen-bond donors (Lipinski definition) is 0. The first-order valence-electron chi connectivity index (χ1n) is 8.82. The Balaban J connectivity index is 2.07. The summed E-state index contributed by atoms with van der Waals surface area (Å²) >= 11 is 0. The van der Waals surface area contributed by atoms with Gasteiger partial charge in [0.05, 0.1) is 25.9 Å². The fourth-order valence-corrected chi connectivity index (χ4v) is 3.08. The van der Waals surface area contributed by atoms with E-state index in [9.17, 15) is 9.59 Å². The molecule has 0 saturated heterocycles. The maximum Gasteiger partial charge on any atom is 0.344 e. The summed E-state index contributed by atoms with van der Waals surface area (Å²) in [6, 6.07) is 8.89. The molecule has 2 aromatic rings. The molecule has 0 amide bonds. The van der Waals surface area contributed by atoms with Crippen molar-refractivity contribution in [3.8, 4) is 28.4 Å². The van der Waals surface area contributed by atoms with Crippen LogP contribution >= 0.6 is 0 Å². The zero-order valence-electron chi connectivity index (χ0n) is 16.2. The summed E-state index contributed by atoms with van der Waals surface area (Å²) in [4.78, 5) is 23.9. The summed E-state index contributed by atoms with van der Waals surface area (Å²) in [6.07, 6.45) is -0.247. The SMILES string of the molecule is COc1ccc(-c2cccc3c2COC3=O)c(OCC(=O)OC(C)C)c1OC. The molecule has 1 aliphatic heterocycles. The lowest BCUT2D eigenvalue weighted by Crippen LogP contribution is -2.19. The number of carbonyl (C=O) groups is 2. The monoisotopic (exact) mass is 386 g/mol. The van der Waals surface area contributed by atoms with Gasteiger partial charge in [-0.05, 0) is 37.6 Å². The number of carbonyl (C=O) groups excluding carboxylic acids is 2. The predicted molar refractivity (Wildman–Crippen MR) is 101 cm³/mol. The van der Waals surface area contributed by atoms with Gasteiger partial charge in [-0.3, -0.25) is 0 Å². The molecule has 0 aromatic heterocycles. The van der Waals surface area contributed by atoms with Crippen molar-refractivity contribution in [2.45, 2.75) is 26.6 Å². The summed E-state index contributed by atoms with van der Waals surface area (Å²) in [6.45, 7) is 3.41. The van der Waals surface area contributed by atoms with Gasteiger partial charge in [0.15, 0.2) is 18.1 Å². The summed E-state index contributed by atoms with van der Waals surface area (Å²) in [7, 11) is 3.00. The highest BCUT2D eigenvalue weighted by molar-refractivity contribution is 5.96. The van der Waals surface area contributed by atoms with Gasteiger partial charge in [-0.25, -0.2) is 9.59 Å². The minimum Gasteiger partial charge on any atom is -0.493 e. The van der Waals surface area contributed by atoms with Crippen molar-refractivity contribution in [1.29, 1.82) is 0 Å². The molecule has 0 unspecified atom stereocenters. The molecule has 0 aliphatic carbocycles. The maximum atomic E-state index is 12.0. The average molecular weight is 386 g/mol. The van der Waals surface area contributed by atoms with E-state index in [2.05, 4.69) is 0 Å². The maximum absolute atomic E-state index is 12.0. The number of fused-ring (bicyclic) bond motifs is 1. The first-order valence-corrected chi connectivity index (χ1v) is 8.82. The Morgan fingerprint density at radius 1 is 1.04 bits per heavy atom. The van der Waals surface area contributed by atoms with Gasteiger partial charge in [0.2, 0.25) is 5.75 Å². The number of cyclic esters (lactones) is 1. The van der Waals surface area contributed by atoms with Gasteiger partial charge in [-0.15, -0.1) is 0 Å². The average Bonchev–Trinajstić information content (AvgIpc) is 3.06. The number of esters is 2. The Bertz CT molecular complexity index is 902. The summed E-state index contributed by atoms with van der Waals surface area (Å²) < 4.78 is 26.9. The van der Waals surface area contributed by atoms with Gasteiger partial charge in [0, 0.05) is 11.1 Å². The highest BCUT2D eigenvalue weighted by atomic mass is 16.6. The van der Waals surface area contributed by atoms with Crippen molar-refractivity contribution in [3.63, 3.8) is 0 Å². The summed E-state index contributed by atoms with van der Waals surface area (Å²) in [5, 5.41) is 0. The molecule has 7 heteroatoms. The number of rotatable bonds is 7. The van der Waals surface area contributed by atoms with E-state index in [1.54, 1.807) is 38.1 Å². The van der Waals surface area contributed by atoms with E-state index in [4.69, 9.17) is 23.7 Å².